The van der Waals surface area contributed by atoms with Crippen LogP contribution in [-0.2, 0) is 41.3 Å². The van der Waals surface area contributed by atoms with Crippen LogP contribution in [0.5, 0.6) is 0 Å². The summed E-state index contributed by atoms with van der Waals surface area (Å²) >= 11 is 3.82. The first-order valence-corrected chi connectivity index (χ1v) is 24.6. The number of esters is 2. The van der Waals surface area contributed by atoms with Gasteiger partial charge in [-0.3, -0.25) is 14.5 Å². The molecular weight excluding hydrogens is 945 g/mol. The van der Waals surface area contributed by atoms with Crippen molar-refractivity contribution in [3.8, 4) is 0 Å². The number of oxime groups is 1. The number of aromatic nitrogens is 4. The number of hydrogen-bond donors (Lipinski definition) is 2. The molecule has 4 heterocycles. The Labute approximate surface area is 415 Å². The van der Waals surface area contributed by atoms with Crippen LogP contribution in [0.2, 0.25) is 0 Å². The Morgan fingerprint density at radius 3 is 1.90 bits per heavy atom. The van der Waals surface area contributed by atoms with Gasteiger partial charge in [-0.2, -0.15) is 4.98 Å². The molecule has 15 nitrogen and oxygen atoms in total. The number of nitrogens with one attached hydrogen (secondary N) is 2. The van der Waals surface area contributed by atoms with E-state index in [4.69, 9.17) is 19.3 Å². The number of allylic oxidation sites excluding steroid dienone is 1. The van der Waals surface area contributed by atoms with Crippen molar-refractivity contribution in [1.82, 2.24) is 30.0 Å². The number of thiazole rings is 1. The third kappa shape index (κ3) is 9.61. The number of hydrogen-bond acceptors (Lipinski definition) is 15. The van der Waals surface area contributed by atoms with Crippen molar-refractivity contribution >= 4 is 69.5 Å². The molecule has 2 atom stereocenters. The fraction of sp³-hybridized carbons (Fsp3) is 0.154. The molecule has 0 radical (unpaired) electrons. The second kappa shape index (κ2) is 21.2. The molecule has 7 aromatic rings. The number of rotatable bonds is 17. The Balaban J connectivity index is 0.992. The molecule has 2 amide bonds. The molecule has 9 rings (SSSR count). The number of benzene rings is 5. The highest BCUT2D eigenvalue weighted by Gasteiger charge is 2.55. The van der Waals surface area contributed by atoms with Crippen LogP contribution in [-0.4, -0.2) is 85.5 Å². The molecule has 2 aliphatic rings. The first-order valence-electron chi connectivity index (χ1n) is 21.8. The highest BCUT2D eigenvalue weighted by atomic mass is 32.2. The van der Waals surface area contributed by atoms with Gasteiger partial charge in [-0.15, -0.1) is 28.2 Å². The van der Waals surface area contributed by atoms with E-state index in [2.05, 4.69) is 62.3 Å². The number of methoxy groups -OCH3 is 1. The van der Waals surface area contributed by atoms with Crippen LogP contribution in [0.4, 0.5) is 5.13 Å². The largest absolute Gasteiger partial charge is 0.463 e. The highest BCUT2D eigenvalue weighted by Crippen LogP contribution is 2.43. The Hall–Kier alpha value is -7.80. The molecule has 0 spiro atoms. The van der Waals surface area contributed by atoms with Crippen molar-refractivity contribution in [2.45, 2.75) is 28.2 Å². The molecule has 0 aliphatic carbocycles. The van der Waals surface area contributed by atoms with Gasteiger partial charge in [-0.25, -0.2) is 19.3 Å². The number of ether oxygens (including phenoxy) is 2. The van der Waals surface area contributed by atoms with E-state index in [1.165, 1.54) is 46.9 Å². The van der Waals surface area contributed by atoms with Gasteiger partial charge in [0.05, 0.1) is 7.11 Å². The average Bonchev–Trinajstić information content (AvgIpc) is 4.04. The summed E-state index contributed by atoms with van der Waals surface area (Å²) in [5.74, 6) is -2.48. The number of aryl methyl sites for hydroxylation is 1. The molecule has 0 saturated carbocycles. The zero-order chi connectivity index (χ0) is 48.6. The lowest BCUT2D eigenvalue weighted by atomic mass is 9.77. The van der Waals surface area contributed by atoms with Crippen molar-refractivity contribution in [3.63, 3.8) is 0 Å². The van der Waals surface area contributed by atoms with Gasteiger partial charge >= 0.3 is 11.9 Å². The molecule has 2 aliphatic heterocycles. The number of anilines is 1. The second-order valence-electron chi connectivity index (χ2n) is 15.7. The Morgan fingerprint density at radius 1 is 0.800 bits per heavy atom. The van der Waals surface area contributed by atoms with E-state index >= 15 is 0 Å². The molecule has 18 heteroatoms. The molecule has 2 unspecified atom stereocenters. The van der Waals surface area contributed by atoms with E-state index < -0.39 is 46.8 Å². The number of β-lactam (4-membered cyclic amide) rings is 1. The van der Waals surface area contributed by atoms with E-state index in [0.717, 1.165) is 39.6 Å². The quantitative estimate of drug-likeness (QED) is 0.0224. The molecule has 352 valence electrons. The minimum atomic E-state index is -1.05. The number of thioether (sulfide) groups is 2. The standard InChI is InChI=1S/C52H44N8O7S3/c1-59-51(55-44(57-59)49(64)65-2)68-30-29-35-31-69-47-41(46(62)60(47)42(35)48(63)67-43(33-19-9-4-10-20-33)34-21-11-5-12-22-34)54-45(61)40(58-66-3)39-32-70-50(53-39)56-52(36-23-13-6-14-24-36,37-25-15-7-16-26-37)38-27-17-8-18-28-38/h4-30,32,41,43,47H,31H2,1-3H3,(H,53,56)(H,54,61)/b30-29+,58-40+. The number of carbonyl (C=O) groups is 4. The molecule has 5 aromatic carbocycles. The van der Waals surface area contributed by atoms with Crippen molar-refractivity contribution < 1.29 is 33.5 Å². The Morgan fingerprint density at radius 2 is 1.36 bits per heavy atom. The molecule has 1 saturated heterocycles. The van der Waals surface area contributed by atoms with Gasteiger partial charge in [-0.1, -0.05) is 169 Å². The number of amides is 2. The van der Waals surface area contributed by atoms with Gasteiger partial charge in [0, 0.05) is 18.2 Å². The normalized spacial score (nSPS) is 15.9. The molecule has 0 bridgehead atoms. The summed E-state index contributed by atoms with van der Waals surface area (Å²) in [6, 6.07) is 47.8. The van der Waals surface area contributed by atoms with E-state index in [-0.39, 0.29) is 28.7 Å². The maximum atomic E-state index is 14.6. The van der Waals surface area contributed by atoms with Gasteiger partial charge in [-0.05, 0) is 44.9 Å². The summed E-state index contributed by atoms with van der Waals surface area (Å²) in [6.45, 7) is 0. The first-order chi connectivity index (χ1) is 34.2. The highest BCUT2D eigenvalue weighted by molar-refractivity contribution is 8.02. The van der Waals surface area contributed by atoms with E-state index in [9.17, 15) is 19.2 Å². The average molecular weight is 989 g/mol. The third-order valence-electron chi connectivity index (χ3n) is 11.5. The van der Waals surface area contributed by atoms with Crippen molar-refractivity contribution in [3.05, 3.63) is 219 Å². The maximum absolute atomic E-state index is 14.6. The lowest BCUT2D eigenvalue weighted by Gasteiger charge is -2.49. The lowest BCUT2D eigenvalue weighted by Crippen LogP contribution is -2.71. The summed E-state index contributed by atoms with van der Waals surface area (Å²) in [5.41, 5.74) is 4.08. The third-order valence-corrected chi connectivity index (χ3v) is 14.4. The van der Waals surface area contributed by atoms with Crippen molar-refractivity contribution in [1.29, 1.82) is 0 Å². The number of nitrogens with zero attached hydrogens (tertiary/aromatic N) is 6. The lowest BCUT2D eigenvalue weighted by molar-refractivity contribution is -0.154. The molecule has 2 aromatic heterocycles. The Bertz CT molecular complexity index is 2960. The zero-order valence-electron chi connectivity index (χ0n) is 37.9. The summed E-state index contributed by atoms with van der Waals surface area (Å²) in [5, 5.41) is 18.4. The van der Waals surface area contributed by atoms with E-state index in [0.29, 0.717) is 15.9 Å². The van der Waals surface area contributed by atoms with Gasteiger partial charge in [0.2, 0.25) is 0 Å². The van der Waals surface area contributed by atoms with Crippen LogP contribution in [0.25, 0.3) is 0 Å². The summed E-state index contributed by atoms with van der Waals surface area (Å²) < 4.78 is 12.5. The SMILES string of the molecule is CO/N=C(/C(=O)NC1C(=O)N2C(C(=O)OC(c3ccccc3)c3ccccc3)=C(/C=C/Sc3nc(C(=O)OC)nn3C)CSC12)c1csc(NC(c2ccccc2)(c2ccccc2)c2ccccc2)n1. The van der Waals surface area contributed by atoms with Gasteiger partial charge < -0.3 is 24.9 Å². The second-order valence-corrected chi connectivity index (χ2v) is 18.6. The minimum absolute atomic E-state index is 0.0286. The van der Waals surface area contributed by atoms with Crippen LogP contribution in [0.15, 0.2) is 190 Å². The van der Waals surface area contributed by atoms with Gasteiger partial charge in [0.25, 0.3) is 17.6 Å². The summed E-state index contributed by atoms with van der Waals surface area (Å²) in [4.78, 5) is 71.1. The molecule has 1 fully saturated rings. The minimum Gasteiger partial charge on any atom is -0.463 e. The van der Waals surface area contributed by atoms with Crippen LogP contribution in [0, 0.1) is 0 Å². The monoisotopic (exact) mass is 988 g/mol. The maximum Gasteiger partial charge on any atom is 0.377 e. The predicted molar refractivity (Wildman–Crippen MR) is 269 cm³/mol. The van der Waals surface area contributed by atoms with Gasteiger partial charge in [0.1, 0.15) is 35.5 Å². The number of fused-ring (bicyclic) bond motifs is 1. The fourth-order valence-corrected chi connectivity index (χ4v) is 11.0. The predicted octanol–water partition coefficient (Wildman–Crippen LogP) is 8.11. The number of carbonyl (C=O) groups excluding carboxylic acids is 4. The smallest absolute Gasteiger partial charge is 0.377 e. The van der Waals surface area contributed by atoms with Crippen LogP contribution >= 0.6 is 34.9 Å². The summed E-state index contributed by atoms with van der Waals surface area (Å²) in [7, 11) is 4.21. The van der Waals surface area contributed by atoms with Crippen molar-refractivity contribution in [2.75, 3.05) is 25.3 Å². The topological polar surface area (TPSA) is 179 Å². The van der Waals surface area contributed by atoms with E-state index in [1.807, 2.05) is 115 Å². The van der Waals surface area contributed by atoms with Gasteiger partial charge in [0.15, 0.2) is 22.1 Å². The molecular formula is C52H44N8O7S3. The van der Waals surface area contributed by atoms with Crippen LogP contribution in [0.1, 0.15) is 50.2 Å². The fourth-order valence-electron chi connectivity index (χ4n) is 8.22. The van der Waals surface area contributed by atoms with Crippen LogP contribution in [0.3, 0.4) is 0 Å². The molecule has 70 heavy (non-hydrogen) atoms. The van der Waals surface area contributed by atoms with Crippen LogP contribution < -0.4 is 10.6 Å². The summed E-state index contributed by atoms with van der Waals surface area (Å²) in [6.07, 6.45) is 0.899. The Kier molecular flexibility index (Phi) is 14.3. The zero-order valence-corrected chi connectivity index (χ0v) is 40.3. The van der Waals surface area contributed by atoms with E-state index in [1.54, 1.807) is 23.9 Å². The first kappa shape index (κ1) is 47.3. The molecule has 2 N–H and O–H groups in total. The van der Waals surface area contributed by atoms with Crippen molar-refractivity contribution in [2.24, 2.45) is 12.2 Å².